The number of nitrogens with two attached hydrogens (primary N) is 1. The van der Waals surface area contributed by atoms with E-state index in [9.17, 15) is 29.1 Å². The first kappa shape index (κ1) is 36.4. The van der Waals surface area contributed by atoms with Gasteiger partial charge in [-0.15, -0.1) is 0 Å². The number of nitrogens with one attached hydrogen (secondary N) is 1. The molecule has 3 unspecified atom stereocenters. The molecule has 48 heavy (non-hydrogen) atoms. The lowest BCUT2D eigenvalue weighted by atomic mass is 9.33. The summed E-state index contributed by atoms with van der Waals surface area (Å²) in [6.07, 6.45) is 11.4. The van der Waals surface area contributed by atoms with E-state index in [-0.39, 0.29) is 64.1 Å². The maximum absolute atomic E-state index is 14.6. The molecular formula is C38H59N3O7. The molecule has 4 N–H and O–H groups in total. The van der Waals surface area contributed by atoms with Gasteiger partial charge in [0, 0.05) is 19.4 Å². The van der Waals surface area contributed by atoms with Crippen LogP contribution >= 0.6 is 0 Å². The van der Waals surface area contributed by atoms with E-state index >= 15 is 0 Å². The van der Waals surface area contributed by atoms with Crippen molar-refractivity contribution in [3.8, 4) is 0 Å². The van der Waals surface area contributed by atoms with Crippen LogP contribution in [0.3, 0.4) is 0 Å². The zero-order valence-corrected chi connectivity index (χ0v) is 30.5. The summed E-state index contributed by atoms with van der Waals surface area (Å²) in [6, 6.07) is -2.16. The molecule has 0 radical (unpaired) electrons. The molecule has 0 aliphatic heterocycles. The van der Waals surface area contributed by atoms with Gasteiger partial charge in [0.25, 0.3) is 5.91 Å². The highest BCUT2D eigenvalue weighted by atomic mass is 16.7. The molecule has 0 bridgehead atoms. The number of carbonyl (C=O) groups is 5. The van der Waals surface area contributed by atoms with E-state index in [2.05, 4.69) is 46.9 Å². The highest BCUT2D eigenvalue weighted by Gasteiger charge is 2.69. The van der Waals surface area contributed by atoms with Gasteiger partial charge in [0.1, 0.15) is 0 Å². The SMILES string of the molecule is CC(=O)ON(C(=O)C1(C)CC[C@]2(C)CC[C@]3(C)C(=CC(=O)C4[C@@]5(C)CCCC(C)(C)C5CC[C@]43C)[C@@H]2C1)[C@@H](CCCNC(N)=O)C(=O)O. The zero-order chi connectivity index (χ0) is 35.7. The molecule has 0 aromatic carbocycles. The summed E-state index contributed by atoms with van der Waals surface area (Å²) in [4.78, 5) is 70.4. The Bertz CT molecular complexity index is 1410. The molecular weight excluding hydrogens is 610 g/mol. The Hall–Kier alpha value is -2.91. The summed E-state index contributed by atoms with van der Waals surface area (Å²) in [5.74, 6) is -1.96. The van der Waals surface area contributed by atoms with Crippen molar-refractivity contribution in [1.29, 1.82) is 0 Å². The van der Waals surface area contributed by atoms with Crippen LogP contribution in [0.25, 0.3) is 0 Å². The van der Waals surface area contributed by atoms with Gasteiger partial charge in [-0.2, -0.15) is 5.06 Å². The zero-order valence-electron chi connectivity index (χ0n) is 30.5. The summed E-state index contributed by atoms with van der Waals surface area (Å²) >= 11 is 0. The second-order valence-electron chi connectivity index (χ2n) is 18.1. The minimum Gasteiger partial charge on any atom is -0.480 e. The van der Waals surface area contributed by atoms with Crippen LogP contribution < -0.4 is 11.1 Å². The molecule has 10 heteroatoms. The number of carbonyl (C=O) groups excluding carboxylic acids is 4. The molecule has 10 nitrogen and oxygen atoms in total. The van der Waals surface area contributed by atoms with Crippen LogP contribution in [0.1, 0.15) is 132 Å². The standard InChI is InChI=1S/C38H59N3O7/c1-23(42)48-41(26(30(44)45)11-9-20-40-32(39)47)31(46)35(5)17-16-34(4)18-19-37(7)24(25(34)22-35)21-27(43)29-36(6)14-10-13-33(2,3)28(36)12-15-38(29,37)8/h21,25-26,28-29H,9-20,22H2,1-8H3,(H,44,45)(H3,39,40,47)/t25-,26-,28?,29?,34+,35?,36-,37+,38+/m0/s1. The minimum atomic E-state index is -1.43. The van der Waals surface area contributed by atoms with Gasteiger partial charge in [0.15, 0.2) is 11.8 Å². The van der Waals surface area contributed by atoms with Crippen LogP contribution in [0.4, 0.5) is 4.79 Å². The summed E-state index contributed by atoms with van der Waals surface area (Å²) in [7, 11) is 0. The fourth-order valence-electron chi connectivity index (χ4n) is 12.0. The average molecular weight is 670 g/mol. The van der Waals surface area contributed by atoms with Gasteiger partial charge in [0.2, 0.25) is 0 Å². The smallest absolute Gasteiger partial charge is 0.330 e. The monoisotopic (exact) mass is 669 g/mol. The number of hydrogen-bond acceptors (Lipinski definition) is 6. The lowest BCUT2D eigenvalue weighted by Crippen LogP contribution is -2.65. The van der Waals surface area contributed by atoms with Crippen LogP contribution in [0.15, 0.2) is 11.6 Å². The first-order chi connectivity index (χ1) is 22.2. The van der Waals surface area contributed by atoms with Gasteiger partial charge in [-0.3, -0.25) is 14.4 Å². The van der Waals surface area contributed by atoms with E-state index in [4.69, 9.17) is 10.6 Å². The van der Waals surface area contributed by atoms with Crippen molar-refractivity contribution in [3.63, 3.8) is 0 Å². The number of carboxylic acid groups (broad SMARTS) is 1. The fraction of sp³-hybridized carbons (Fsp3) is 0.816. The van der Waals surface area contributed by atoms with Crippen molar-refractivity contribution in [2.75, 3.05) is 6.54 Å². The van der Waals surface area contributed by atoms with Crippen LogP contribution in [-0.2, 0) is 24.0 Å². The van der Waals surface area contributed by atoms with Gasteiger partial charge in [-0.25, -0.2) is 9.59 Å². The van der Waals surface area contributed by atoms with Gasteiger partial charge in [-0.1, -0.05) is 60.5 Å². The Balaban J connectivity index is 1.49. The first-order valence-electron chi connectivity index (χ1n) is 18.2. The number of urea groups is 1. The lowest BCUT2D eigenvalue weighted by Gasteiger charge is -2.70. The van der Waals surface area contributed by atoms with Crippen molar-refractivity contribution in [3.05, 3.63) is 11.6 Å². The van der Waals surface area contributed by atoms with E-state index in [1.54, 1.807) is 0 Å². The molecule has 4 saturated carbocycles. The highest BCUT2D eigenvalue weighted by Crippen LogP contribution is 2.75. The van der Waals surface area contributed by atoms with Crippen LogP contribution in [0.2, 0.25) is 0 Å². The van der Waals surface area contributed by atoms with Crippen LogP contribution in [-0.4, -0.2) is 52.4 Å². The normalized spacial score (nSPS) is 40.5. The predicted molar refractivity (Wildman–Crippen MR) is 181 cm³/mol. The number of primary amides is 1. The third-order valence-corrected chi connectivity index (χ3v) is 14.8. The molecule has 5 aliphatic carbocycles. The van der Waals surface area contributed by atoms with Gasteiger partial charge in [-0.05, 0) is 116 Å². The number of fused-ring (bicyclic) bond motifs is 7. The molecule has 3 amide bonds. The number of rotatable bonds is 7. The largest absolute Gasteiger partial charge is 0.480 e. The fourth-order valence-corrected chi connectivity index (χ4v) is 12.0. The second-order valence-corrected chi connectivity index (χ2v) is 18.1. The molecule has 0 aromatic heterocycles. The van der Waals surface area contributed by atoms with Crippen molar-refractivity contribution in [2.45, 2.75) is 138 Å². The molecule has 4 fully saturated rings. The second kappa shape index (κ2) is 12.1. The number of hydrogen-bond donors (Lipinski definition) is 3. The number of aliphatic carboxylic acids is 1. The van der Waals surface area contributed by atoms with Crippen molar-refractivity contribution >= 4 is 29.7 Å². The maximum atomic E-state index is 14.6. The Kier molecular flexibility index (Phi) is 9.21. The number of allylic oxidation sites excluding steroid dienone is 2. The van der Waals surface area contributed by atoms with E-state index in [0.717, 1.165) is 56.9 Å². The minimum absolute atomic E-state index is 0.0418. The highest BCUT2D eigenvalue weighted by molar-refractivity contribution is 5.96. The number of hydroxylamine groups is 2. The first-order valence-corrected chi connectivity index (χ1v) is 18.2. The summed E-state index contributed by atoms with van der Waals surface area (Å²) < 4.78 is 0. The Morgan fingerprint density at radius 1 is 1.00 bits per heavy atom. The number of amides is 3. The summed E-state index contributed by atoms with van der Waals surface area (Å²) in [5.41, 5.74) is 4.92. The average Bonchev–Trinajstić information content (AvgIpc) is 2.97. The van der Waals surface area contributed by atoms with E-state index in [1.807, 2.05) is 13.0 Å². The van der Waals surface area contributed by atoms with Crippen molar-refractivity contribution in [1.82, 2.24) is 10.4 Å². The molecule has 0 heterocycles. The number of ketones is 1. The van der Waals surface area contributed by atoms with Crippen molar-refractivity contribution in [2.24, 2.45) is 56.0 Å². The Morgan fingerprint density at radius 2 is 1.67 bits per heavy atom. The Morgan fingerprint density at radius 3 is 2.29 bits per heavy atom. The molecule has 0 saturated heterocycles. The van der Waals surface area contributed by atoms with Gasteiger partial charge < -0.3 is 21.0 Å². The number of nitrogens with zero attached hydrogens (tertiary/aromatic N) is 1. The van der Waals surface area contributed by atoms with Crippen LogP contribution in [0.5, 0.6) is 0 Å². The van der Waals surface area contributed by atoms with E-state index in [1.165, 1.54) is 12.0 Å². The van der Waals surface area contributed by atoms with Gasteiger partial charge in [0.05, 0.1) is 5.41 Å². The Labute approximate surface area is 286 Å². The molecule has 268 valence electrons. The van der Waals surface area contributed by atoms with Crippen molar-refractivity contribution < 1.29 is 33.9 Å². The lowest BCUT2D eigenvalue weighted by molar-refractivity contribution is -0.219. The third kappa shape index (κ3) is 5.66. The molecule has 5 rings (SSSR count). The summed E-state index contributed by atoms with van der Waals surface area (Å²) in [5, 5.41) is 13.4. The summed E-state index contributed by atoms with van der Waals surface area (Å²) in [6.45, 7) is 17.4. The van der Waals surface area contributed by atoms with Crippen LogP contribution in [0, 0.1) is 50.2 Å². The predicted octanol–water partition coefficient (Wildman–Crippen LogP) is 6.57. The maximum Gasteiger partial charge on any atom is 0.330 e. The number of carboxylic acids is 1. The molecule has 5 aliphatic rings. The van der Waals surface area contributed by atoms with E-state index in [0.29, 0.717) is 18.8 Å². The van der Waals surface area contributed by atoms with E-state index < -0.39 is 35.3 Å². The van der Waals surface area contributed by atoms with Gasteiger partial charge >= 0.3 is 18.0 Å². The molecule has 0 aromatic rings. The topological polar surface area (TPSA) is 156 Å². The quantitative estimate of drug-likeness (QED) is 0.205. The third-order valence-electron chi connectivity index (χ3n) is 14.8. The molecule has 9 atom stereocenters. The molecule has 0 spiro atoms.